The van der Waals surface area contributed by atoms with Gasteiger partial charge in [0, 0.05) is 32.6 Å². The zero-order chi connectivity index (χ0) is 26.3. The molecule has 1 aromatic carbocycles. The molecule has 9 heteroatoms. The van der Waals surface area contributed by atoms with Crippen LogP contribution in [0.1, 0.15) is 49.3 Å². The Hall–Kier alpha value is -3.98. The first kappa shape index (κ1) is 25.7. The number of piperidine rings is 1. The number of imidazole rings is 1. The predicted octanol–water partition coefficient (Wildman–Crippen LogP) is 4.11. The van der Waals surface area contributed by atoms with Crippen molar-refractivity contribution in [3.8, 4) is 5.88 Å². The second-order valence-corrected chi connectivity index (χ2v) is 9.85. The third kappa shape index (κ3) is 6.28. The Labute approximate surface area is 221 Å². The van der Waals surface area contributed by atoms with Crippen molar-refractivity contribution in [3.05, 3.63) is 100 Å². The number of aromatic hydroxyl groups is 1. The van der Waals surface area contributed by atoms with Crippen molar-refractivity contribution < 1.29 is 19.5 Å². The van der Waals surface area contributed by atoms with Gasteiger partial charge < -0.3 is 29.9 Å². The lowest BCUT2D eigenvalue weighted by atomic mass is 9.90. The SMILES string of the molecule is O=C(On1c(O)c(CNCC2C=CC(OC3=CC=CCC3)=CC2)[nH]c1=O)N1CCC(c2ccccc2)CC1. The summed E-state index contributed by atoms with van der Waals surface area (Å²) in [5.41, 5.74) is 0.837. The molecule has 0 saturated carbocycles. The Balaban J connectivity index is 1.07. The number of H-pyrrole nitrogens is 1. The quantitative estimate of drug-likeness (QED) is 0.485. The number of nitrogens with zero attached hydrogens (tertiary/aromatic N) is 2. The van der Waals surface area contributed by atoms with Crippen LogP contribution in [0.15, 0.2) is 83.1 Å². The molecule has 2 aliphatic carbocycles. The predicted molar refractivity (Wildman–Crippen MR) is 143 cm³/mol. The van der Waals surface area contributed by atoms with Gasteiger partial charge in [-0.15, -0.1) is 0 Å². The third-order valence-corrected chi connectivity index (χ3v) is 7.19. The molecule has 2 aromatic rings. The minimum Gasteiger partial charge on any atom is -0.491 e. The van der Waals surface area contributed by atoms with E-state index in [2.05, 4.69) is 40.7 Å². The lowest BCUT2D eigenvalue weighted by Gasteiger charge is -2.31. The van der Waals surface area contributed by atoms with Crippen LogP contribution in [0.3, 0.4) is 0 Å². The van der Waals surface area contributed by atoms with Crippen LogP contribution < -0.4 is 15.8 Å². The van der Waals surface area contributed by atoms with Gasteiger partial charge in [0.15, 0.2) is 0 Å². The van der Waals surface area contributed by atoms with Gasteiger partial charge in [0.2, 0.25) is 0 Å². The molecule has 0 radical (unpaired) electrons. The average Bonchev–Trinajstić information content (AvgIpc) is 3.22. The smallest absolute Gasteiger partial charge is 0.434 e. The Kier molecular flexibility index (Phi) is 8.13. The van der Waals surface area contributed by atoms with Gasteiger partial charge in [-0.2, -0.15) is 0 Å². The summed E-state index contributed by atoms with van der Waals surface area (Å²) in [7, 11) is 0. The number of ether oxygens (including phenoxy) is 1. The first-order valence-corrected chi connectivity index (χ1v) is 13.2. The number of hydrogen-bond acceptors (Lipinski definition) is 6. The van der Waals surface area contributed by atoms with Crippen LogP contribution >= 0.6 is 0 Å². The number of benzene rings is 1. The number of carbonyl (C=O) groups excluding carboxylic acids is 1. The number of amides is 1. The van der Waals surface area contributed by atoms with Gasteiger partial charge in [-0.25, -0.2) is 9.59 Å². The minimum absolute atomic E-state index is 0.227. The maximum Gasteiger partial charge on any atom is 0.434 e. The molecule has 9 nitrogen and oxygen atoms in total. The van der Waals surface area contributed by atoms with E-state index >= 15 is 0 Å². The van der Waals surface area contributed by atoms with Crippen molar-refractivity contribution >= 4 is 6.09 Å². The molecule has 1 aromatic heterocycles. The van der Waals surface area contributed by atoms with Crippen molar-refractivity contribution in [1.82, 2.24) is 19.9 Å². The highest BCUT2D eigenvalue weighted by Crippen LogP contribution is 2.28. The lowest BCUT2D eigenvalue weighted by Crippen LogP contribution is -2.43. The summed E-state index contributed by atoms with van der Waals surface area (Å²) in [6, 6.07) is 10.2. The van der Waals surface area contributed by atoms with E-state index in [0.717, 1.165) is 43.6 Å². The molecule has 1 atom stereocenters. The standard InChI is InChI=1S/C29H34N4O5/c34-27-26(20-30-19-21-11-13-25(14-12-21)37-24-9-5-2-6-10-24)31-28(35)33(27)38-29(36)32-17-15-23(16-18-32)22-7-3-1-4-8-22/h1-5,7-9,11,13-14,21,23,30,34H,6,10,12,15-20H2,(H,31,35). The van der Waals surface area contributed by atoms with Crippen molar-refractivity contribution in [1.29, 1.82) is 0 Å². The summed E-state index contributed by atoms with van der Waals surface area (Å²) in [6.07, 6.45) is 16.0. The molecular formula is C29H34N4O5. The molecule has 2 heterocycles. The Morgan fingerprint density at radius 3 is 2.71 bits per heavy atom. The number of carbonyl (C=O) groups is 1. The largest absolute Gasteiger partial charge is 0.491 e. The maximum absolute atomic E-state index is 12.7. The van der Waals surface area contributed by atoms with Crippen LogP contribution in [0.25, 0.3) is 0 Å². The molecule has 1 fully saturated rings. The molecular weight excluding hydrogens is 484 g/mol. The van der Waals surface area contributed by atoms with Crippen LogP contribution in [0.4, 0.5) is 4.79 Å². The highest BCUT2D eigenvalue weighted by Gasteiger charge is 2.27. The summed E-state index contributed by atoms with van der Waals surface area (Å²) in [5, 5.41) is 13.8. The van der Waals surface area contributed by atoms with Gasteiger partial charge >= 0.3 is 11.8 Å². The first-order chi connectivity index (χ1) is 18.6. The van der Waals surface area contributed by atoms with Gasteiger partial charge in [-0.3, -0.25) is 0 Å². The minimum atomic E-state index is -0.694. The molecule has 200 valence electrons. The zero-order valence-electron chi connectivity index (χ0n) is 21.3. The number of aromatic nitrogens is 2. The molecule has 1 amide bonds. The number of hydrogen-bond donors (Lipinski definition) is 3. The summed E-state index contributed by atoms with van der Waals surface area (Å²) in [6.45, 7) is 1.92. The maximum atomic E-state index is 12.7. The fraction of sp³-hybridized carbons (Fsp3) is 0.379. The van der Waals surface area contributed by atoms with Gasteiger partial charge in [-0.1, -0.05) is 53.3 Å². The third-order valence-electron chi connectivity index (χ3n) is 7.19. The highest BCUT2D eigenvalue weighted by atomic mass is 16.7. The molecule has 0 spiro atoms. The monoisotopic (exact) mass is 518 g/mol. The first-order valence-electron chi connectivity index (χ1n) is 13.2. The van der Waals surface area contributed by atoms with E-state index in [-0.39, 0.29) is 18.2 Å². The number of rotatable bonds is 8. The fourth-order valence-corrected chi connectivity index (χ4v) is 4.99. The normalized spacial score (nSPS) is 19.7. The molecule has 38 heavy (non-hydrogen) atoms. The average molecular weight is 519 g/mol. The van der Waals surface area contributed by atoms with E-state index in [9.17, 15) is 14.7 Å². The van der Waals surface area contributed by atoms with Gasteiger partial charge in [0.05, 0.1) is 5.69 Å². The Bertz CT molecular complexity index is 1300. The lowest BCUT2D eigenvalue weighted by molar-refractivity contribution is 0.0721. The summed E-state index contributed by atoms with van der Waals surface area (Å²) >= 11 is 0. The molecule has 5 rings (SSSR count). The molecule has 0 bridgehead atoms. The van der Waals surface area contributed by atoms with Crippen LogP contribution in [0.2, 0.25) is 0 Å². The number of aromatic amines is 1. The Morgan fingerprint density at radius 1 is 1.18 bits per heavy atom. The van der Waals surface area contributed by atoms with Gasteiger partial charge in [0.25, 0.3) is 5.88 Å². The molecule has 3 aliphatic rings. The van der Waals surface area contributed by atoms with Crippen molar-refractivity contribution in [2.75, 3.05) is 19.6 Å². The van der Waals surface area contributed by atoms with Gasteiger partial charge in [0.1, 0.15) is 11.5 Å². The summed E-state index contributed by atoms with van der Waals surface area (Å²) in [4.78, 5) is 34.4. The van der Waals surface area contributed by atoms with Crippen LogP contribution in [-0.4, -0.2) is 45.4 Å². The number of nitrogens with one attached hydrogen (secondary N) is 2. The van der Waals surface area contributed by atoms with E-state index < -0.39 is 17.7 Å². The van der Waals surface area contributed by atoms with E-state index in [1.54, 1.807) is 4.90 Å². The van der Waals surface area contributed by atoms with Crippen molar-refractivity contribution in [2.45, 2.75) is 44.6 Å². The van der Waals surface area contributed by atoms with E-state index in [1.807, 2.05) is 36.4 Å². The van der Waals surface area contributed by atoms with E-state index in [0.29, 0.717) is 30.3 Å². The second-order valence-electron chi connectivity index (χ2n) is 9.85. The topological polar surface area (TPSA) is 109 Å². The van der Waals surface area contributed by atoms with Crippen molar-refractivity contribution in [2.24, 2.45) is 5.92 Å². The van der Waals surface area contributed by atoms with E-state index in [1.165, 1.54) is 5.56 Å². The molecule has 3 N–H and O–H groups in total. The fourth-order valence-electron chi connectivity index (χ4n) is 4.99. The molecule has 1 aliphatic heterocycles. The van der Waals surface area contributed by atoms with Crippen LogP contribution in [-0.2, 0) is 11.3 Å². The van der Waals surface area contributed by atoms with Crippen molar-refractivity contribution in [3.63, 3.8) is 0 Å². The van der Waals surface area contributed by atoms with E-state index in [4.69, 9.17) is 9.57 Å². The highest BCUT2D eigenvalue weighted by molar-refractivity contribution is 5.68. The Morgan fingerprint density at radius 2 is 2.00 bits per heavy atom. The molecule has 1 saturated heterocycles. The summed E-state index contributed by atoms with van der Waals surface area (Å²) < 4.78 is 6.56. The molecule has 1 unspecified atom stereocenters. The second kappa shape index (κ2) is 12.0. The number of allylic oxidation sites excluding steroid dienone is 6. The number of likely N-dealkylation sites (tertiary alicyclic amines) is 1. The summed E-state index contributed by atoms with van der Waals surface area (Å²) in [5.74, 6) is 2.07. The van der Waals surface area contributed by atoms with Gasteiger partial charge in [-0.05, 0) is 61.3 Å². The van der Waals surface area contributed by atoms with Crippen LogP contribution in [0.5, 0.6) is 5.88 Å². The van der Waals surface area contributed by atoms with Crippen LogP contribution in [0, 0.1) is 5.92 Å². The zero-order valence-corrected chi connectivity index (χ0v) is 21.3.